The minimum atomic E-state index is -0.110. The van der Waals surface area contributed by atoms with E-state index in [1.165, 1.54) is 0 Å². The van der Waals surface area contributed by atoms with Crippen LogP contribution in [-0.2, 0) is 11.2 Å². The van der Waals surface area contributed by atoms with Gasteiger partial charge in [0.25, 0.3) is 5.91 Å². The largest absolute Gasteiger partial charge is 0.339 e. The van der Waals surface area contributed by atoms with Crippen LogP contribution in [0.4, 0.5) is 5.69 Å². The summed E-state index contributed by atoms with van der Waals surface area (Å²) in [5.74, 6) is -0.0748. The Kier molecular flexibility index (Phi) is 6.95. The Balaban J connectivity index is 1.66. The Morgan fingerprint density at radius 1 is 0.931 bits per heavy atom. The maximum Gasteiger partial charge on any atom is 0.253 e. The number of nitrogens with zero attached hydrogens (tertiary/aromatic N) is 2. The highest BCUT2D eigenvalue weighted by atomic mass is 16.2. The molecule has 0 aliphatic carbocycles. The zero-order valence-corrected chi connectivity index (χ0v) is 17.0. The van der Waals surface area contributed by atoms with Crippen LogP contribution in [0, 0.1) is 0 Å². The monoisotopic (exact) mass is 389 g/mol. The van der Waals surface area contributed by atoms with Gasteiger partial charge in [-0.25, -0.2) is 0 Å². The van der Waals surface area contributed by atoms with E-state index in [1.54, 1.807) is 30.5 Å². The van der Waals surface area contributed by atoms with Crippen LogP contribution in [0.15, 0.2) is 60.8 Å². The minimum absolute atomic E-state index is 0.0356. The molecule has 0 atom stereocenters. The van der Waals surface area contributed by atoms with Crippen LogP contribution in [-0.4, -0.2) is 34.8 Å². The highest BCUT2D eigenvalue weighted by Gasteiger charge is 2.14. The summed E-state index contributed by atoms with van der Waals surface area (Å²) in [6.07, 6.45) is 3.85. The number of para-hydroxylation sites is 1. The molecule has 3 rings (SSSR count). The van der Waals surface area contributed by atoms with Crippen molar-refractivity contribution < 1.29 is 9.59 Å². The fraction of sp³-hybridized carbons (Fsp3) is 0.292. The molecule has 0 bridgehead atoms. The van der Waals surface area contributed by atoms with Gasteiger partial charge in [0.15, 0.2) is 0 Å². The van der Waals surface area contributed by atoms with Crippen molar-refractivity contribution >= 4 is 28.4 Å². The van der Waals surface area contributed by atoms with Crippen LogP contribution in [0.1, 0.15) is 42.6 Å². The van der Waals surface area contributed by atoms with Crippen molar-refractivity contribution in [3.05, 3.63) is 71.9 Å². The molecular formula is C24H27N3O2. The summed E-state index contributed by atoms with van der Waals surface area (Å²) >= 11 is 0. The Hall–Kier alpha value is -3.21. The van der Waals surface area contributed by atoms with Gasteiger partial charge in [-0.3, -0.25) is 14.6 Å². The number of hydrogen-bond donors (Lipinski definition) is 1. The molecule has 3 aromatic rings. The summed E-state index contributed by atoms with van der Waals surface area (Å²) in [5, 5.41) is 3.93. The van der Waals surface area contributed by atoms with Gasteiger partial charge in [-0.15, -0.1) is 0 Å². The number of nitrogens with one attached hydrogen (secondary N) is 1. The molecule has 150 valence electrons. The predicted octanol–water partition coefficient (Wildman–Crippen LogP) is 4.68. The molecule has 0 unspecified atom stereocenters. The zero-order chi connectivity index (χ0) is 20.6. The molecule has 2 aromatic carbocycles. The molecule has 29 heavy (non-hydrogen) atoms. The van der Waals surface area contributed by atoms with Gasteiger partial charge in [-0.05, 0) is 48.7 Å². The number of benzene rings is 2. The van der Waals surface area contributed by atoms with Crippen molar-refractivity contribution in [2.45, 2.75) is 33.1 Å². The van der Waals surface area contributed by atoms with Crippen molar-refractivity contribution in [2.24, 2.45) is 0 Å². The smallest absolute Gasteiger partial charge is 0.253 e. The van der Waals surface area contributed by atoms with E-state index in [0.29, 0.717) is 11.3 Å². The Morgan fingerprint density at radius 3 is 2.31 bits per heavy atom. The van der Waals surface area contributed by atoms with Gasteiger partial charge in [0.2, 0.25) is 5.91 Å². The summed E-state index contributed by atoms with van der Waals surface area (Å²) < 4.78 is 0. The Labute approximate surface area is 171 Å². The second kappa shape index (κ2) is 9.82. The number of fused-ring (bicyclic) bond motifs is 1. The number of pyridine rings is 1. The number of carbonyl (C=O) groups is 2. The van der Waals surface area contributed by atoms with Gasteiger partial charge in [-0.2, -0.15) is 0 Å². The first-order valence-electron chi connectivity index (χ1n) is 10.1. The lowest BCUT2D eigenvalue weighted by atomic mass is 10.1. The average Bonchev–Trinajstić information content (AvgIpc) is 2.74. The van der Waals surface area contributed by atoms with Gasteiger partial charge in [0, 0.05) is 35.9 Å². The third-order valence-corrected chi connectivity index (χ3v) is 4.76. The SMILES string of the molecule is CCCN(CCC)C(=O)c1ccc(NC(=O)Cc2cccc3cccnc23)cc1. The van der Waals surface area contributed by atoms with E-state index < -0.39 is 0 Å². The molecule has 0 aliphatic rings. The number of aromatic nitrogens is 1. The Morgan fingerprint density at radius 2 is 1.62 bits per heavy atom. The van der Waals surface area contributed by atoms with Crippen LogP contribution < -0.4 is 5.32 Å². The maximum atomic E-state index is 12.7. The summed E-state index contributed by atoms with van der Waals surface area (Å²) in [6, 6.07) is 16.8. The van der Waals surface area contributed by atoms with Crippen molar-refractivity contribution in [1.29, 1.82) is 0 Å². The van der Waals surface area contributed by atoms with Crippen molar-refractivity contribution in [3.8, 4) is 0 Å². The van der Waals surface area contributed by atoms with E-state index in [9.17, 15) is 9.59 Å². The van der Waals surface area contributed by atoms with Crippen molar-refractivity contribution in [2.75, 3.05) is 18.4 Å². The van der Waals surface area contributed by atoms with E-state index in [1.807, 2.05) is 35.2 Å². The summed E-state index contributed by atoms with van der Waals surface area (Å²) in [5.41, 5.74) is 3.06. The lowest BCUT2D eigenvalue weighted by Gasteiger charge is -2.21. The average molecular weight is 389 g/mol. The first-order valence-corrected chi connectivity index (χ1v) is 10.1. The highest BCUT2D eigenvalue weighted by Crippen LogP contribution is 2.18. The predicted molar refractivity (Wildman–Crippen MR) is 117 cm³/mol. The molecule has 5 nitrogen and oxygen atoms in total. The number of carbonyl (C=O) groups excluding carboxylic acids is 2. The summed E-state index contributed by atoms with van der Waals surface area (Å²) in [4.78, 5) is 31.4. The second-order valence-electron chi connectivity index (χ2n) is 7.09. The second-order valence-corrected chi connectivity index (χ2v) is 7.09. The maximum absolute atomic E-state index is 12.7. The van der Waals surface area contributed by atoms with E-state index in [0.717, 1.165) is 42.4 Å². The molecule has 1 heterocycles. The highest BCUT2D eigenvalue weighted by molar-refractivity contribution is 5.97. The van der Waals surface area contributed by atoms with E-state index >= 15 is 0 Å². The molecular weight excluding hydrogens is 362 g/mol. The molecule has 0 saturated carbocycles. The third kappa shape index (κ3) is 5.19. The molecule has 2 amide bonds. The minimum Gasteiger partial charge on any atom is -0.339 e. The normalized spacial score (nSPS) is 10.7. The number of amides is 2. The fourth-order valence-electron chi connectivity index (χ4n) is 3.42. The fourth-order valence-corrected chi connectivity index (χ4v) is 3.42. The van der Waals surface area contributed by atoms with Crippen molar-refractivity contribution in [3.63, 3.8) is 0 Å². The van der Waals surface area contributed by atoms with E-state index in [2.05, 4.69) is 24.1 Å². The first kappa shape index (κ1) is 20.5. The number of rotatable bonds is 8. The van der Waals surface area contributed by atoms with Crippen molar-refractivity contribution in [1.82, 2.24) is 9.88 Å². The number of hydrogen-bond acceptors (Lipinski definition) is 3. The van der Waals surface area contributed by atoms with Gasteiger partial charge in [-0.1, -0.05) is 38.1 Å². The van der Waals surface area contributed by atoms with E-state index in [4.69, 9.17) is 0 Å². The Bertz CT molecular complexity index is 972. The van der Waals surface area contributed by atoms with Gasteiger partial charge in [0.1, 0.15) is 0 Å². The lowest BCUT2D eigenvalue weighted by Crippen LogP contribution is -2.32. The molecule has 0 radical (unpaired) electrons. The van der Waals surface area contributed by atoms with Gasteiger partial charge < -0.3 is 10.2 Å². The molecule has 1 aromatic heterocycles. The standard InChI is InChI=1S/C24H27N3O2/c1-3-15-27(16-4-2)24(29)19-10-12-21(13-11-19)26-22(28)17-20-8-5-7-18-9-6-14-25-23(18)20/h5-14H,3-4,15-17H2,1-2H3,(H,26,28). The third-order valence-electron chi connectivity index (χ3n) is 4.76. The van der Waals surface area contributed by atoms with Crippen LogP contribution in [0.25, 0.3) is 10.9 Å². The lowest BCUT2D eigenvalue weighted by molar-refractivity contribution is -0.115. The molecule has 5 heteroatoms. The summed E-state index contributed by atoms with van der Waals surface area (Å²) in [7, 11) is 0. The van der Waals surface area contributed by atoms with Gasteiger partial charge >= 0.3 is 0 Å². The first-order chi connectivity index (χ1) is 14.1. The topological polar surface area (TPSA) is 62.3 Å². The molecule has 0 fully saturated rings. The van der Waals surface area contributed by atoms with Crippen LogP contribution in [0.5, 0.6) is 0 Å². The molecule has 0 aliphatic heterocycles. The van der Waals surface area contributed by atoms with Gasteiger partial charge in [0.05, 0.1) is 11.9 Å². The van der Waals surface area contributed by atoms with Crippen LogP contribution >= 0.6 is 0 Å². The van der Waals surface area contributed by atoms with Crippen LogP contribution in [0.3, 0.4) is 0 Å². The van der Waals surface area contributed by atoms with Crippen LogP contribution in [0.2, 0.25) is 0 Å². The molecule has 1 N–H and O–H groups in total. The summed E-state index contributed by atoms with van der Waals surface area (Å²) in [6.45, 7) is 5.65. The molecule has 0 spiro atoms. The number of anilines is 1. The molecule has 0 saturated heterocycles. The zero-order valence-electron chi connectivity index (χ0n) is 17.0. The van der Waals surface area contributed by atoms with E-state index in [-0.39, 0.29) is 18.2 Å². The quantitative estimate of drug-likeness (QED) is 0.608.